The Bertz CT molecular complexity index is 1490. The fourth-order valence-corrected chi connectivity index (χ4v) is 4.17. The van der Waals surface area contributed by atoms with E-state index < -0.39 is 17.7 Å². The molecule has 0 saturated carbocycles. The molecule has 0 bridgehead atoms. The fourth-order valence-electron chi connectivity index (χ4n) is 4.17. The number of para-hydroxylation sites is 1. The van der Waals surface area contributed by atoms with Crippen LogP contribution in [0.15, 0.2) is 82.0 Å². The van der Waals surface area contributed by atoms with Gasteiger partial charge in [-0.25, -0.2) is 0 Å². The Labute approximate surface area is 180 Å². The molecule has 32 heavy (non-hydrogen) atoms. The van der Waals surface area contributed by atoms with E-state index in [-0.39, 0.29) is 22.1 Å². The van der Waals surface area contributed by atoms with Gasteiger partial charge in [0.2, 0.25) is 0 Å². The van der Waals surface area contributed by atoms with Crippen LogP contribution < -0.4 is 5.43 Å². The molecule has 1 aromatic heterocycles. The van der Waals surface area contributed by atoms with Crippen molar-refractivity contribution in [3.05, 3.63) is 117 Å². The summed E-state index contributed by atoms with van der Waals surface area (Å²) in [7, 11) is 0. The molecule has 156 valence electrons. The van der Waals surface area contributed by atoms with Gasteiger partial charge < -0.3 is 4.42 Å². The largest absolute Gasteiger partial charge is 0.459 e. The number of nitriles is 1. The summed E-state index contributed by atoms with van der Waals surface area (Å²) < 4.78 is 46.6. The van der Waals surface area contributed by atoms with E-state index in [1.165, 1.54) is 12.1 Å². The molecule has 0 aliphatic heterocycles. The molecule has 0 spiro atoms. The van der Waals surface area contributed by atoms with Crippen LogP contribution in [0.25, 0.3) is 22.6 Å². The fraction of sp³-hybridized carbons (Fsp3) is 0.0769. The van der Waals surface area contributed by atoms with E-state index in [1.54, 1.807) is 36.4 Å². The first-order valence-corrected chi connectivity index (χ1v) is 9.82. The molecule has 0 amide bonds. The van der Waals surface area contributed by atoms with Crippen molar-refractivity contribution < 1.29 is 17.6 Å². The quantitative estimate of drug-likeness (QED) is 0.353. The van der Waals surface area contributed by atoms with Gasteiger partial charge in [0.1, 0.15) is 11.3 Å². The number of allylic oxidation sites excluding steroid dienone is 1. The number of alkyl halides is 3. The molecule has 0 radical (unpaired) electrons. The zero-order chi connectivity index (χ0) is 22.5. The van der Waals surface area contributed by atoms with Crippen molar-refractivity contribution >= 4 is 22.6 Å². The molecule has 3 nitrogen and oxygen atoms in total. The van der Waals surface area contributed by atoms with Crippen LogP contribution in [-0.2, 0) is 6.18 Å². The Morgan fingerprint density at radius 3 is 2.38 bits per heavy atom. The lowest BCUT2D eigenvalue weighted by Gasteiger charge is -2.21. The second-order valence-electron chi connectivity index (χ2n) is 7.52. The number of benzene rings is 3. The summed E-state index contributed by atoms with van der Waals surface area (Å²) in [6.07, 6.45) is -3.23. The maximum Gasteiger partial charge on any atom is 0.416 e. The second-order valence-corrected chi connectivity index (χ2v) is 7.52. The molecule has 6 heteroatoms. The number of rotatable bonds is 1. The van der Waals surface area contributed by atoms with Crippen LogP contribution in [0, 0.1) is 11.3 Å². The monoisotopic (exact) mass is 429 g/mol. The van der Waals surface area contributed by atoms with Gasteiger partial charge in [-0.1, -0.05) is 48.5 Å². The van der Waals surface area contributed by atoms with E-state index in [2.05, 4.69) is 0 Å². The topological polar surface area (TPSA) is 54.0 Å². The number of hydrogen-bond acceptors (Lipinski definition) is 3. The average Bonchev–Trinajstić information content (AvgIpc) is 2.93. The molecule has 0 fully saturated rings. The van der Waals surface area contributed by atoms with Crippen LogP contribution in [0.1, 0.15) is 39.5 Å². The highest BCUT2D eigenvalue weighted by molar-refractivity contribution is 5.95. The van der Waals surface area contributed by atoms with Crippen molar-refractivity contribution in [1.82, 2.24) is 0 Å². The molecular formula is C26H14F3NO2. The number of halogens is 3. The van der Waals surface area contributed by atoms with Gasteiger partial charge >= 0.3 is 6.18 Å². The van der Waals surface area contributed by atoms with Crippen molar-refractivity contribution in [2.45, 2.75) is 12.1 Å². The van der Waals surface area contributed by atoms with Gasteiger partial charge in [-0.15, -0.1) is 0 Å². The van der Waals surface area contributed by atoms with Gasteiger partial charge in [-0.2, -0.15) is 18.4 Å². The standard InChI is InChI=1S/C26H14F3NO2/c27-26(28,29)17-10-11-18-20(13-17)16(14-30)12-21-24(31)19-8-4-5-9-22(19)32-25(21)23(18)15-6-2-1-3-7-15/h1-13,23H. The summed E-state index contributed by atoms with van der Waals surface area (Å²) in [4.78, 5) is 13.3. The van der Waals surface area contributed by atoms with Crippen molar-refractivity contribution in [2.24, 2.45) is 0 Å². The first-order valence-electron chi connectivity index (χ1n) is 9.82. The predicted molar refractivity (Wildman–Crippen MR) is 115 cm³/mol. The maximum absolute atomic E-state index is 13.5. The van der Waals surface area contributed by atoms with E-state index in [0.29, 0.717) is 22.3 Å². The summed E-state index contributed by atoms with van der Waals surface area (Å²) in [5.41, 5.74) is 0.659. The summed E-state index contributed by atoms with van der Waals surface area (Å²) in [5, 5.41) is 10.2. The molecule has 4 aromatic rings. The molecule has 1 unspecified atom stereocenters. The SMILES string of the molecule is N#CC1=Cc2c(oc3ccccc3c2=O)C(c2ccccc2)c2ccc(C(F)(F)F)cc21. The number of nitrogens with zero attached hydrogens (tertiary/aromatic N) is 1. The predicted octanol–water partition coefficient (Wildman–Crippen LogP) is 6.37. The minimum atomic E-state index is -4.57. The molecule has 5 rings (SSSR count). The van der Waals surface area contributed by atoms with Crippen LogP contribution in [0.4, 0.5) is 13.2 Å². The van der Waals surface area contributed by atoms with Gasteiger partial charge in [-0.3, -0.25) is 4.79 Å². The zero-order valence-electron chi connectivity index (χ0n) is 16.5. The summed E-state index contributed by atoms with van der Waals surface area (Å²) in [6, 6.07) is 21.1. The molecule has 1 atom stereocenters. The normalized spacial score (nSPS) is 15.3. The van der Waals surface area contributed by atoms with Crippen LogP contribution in [0.3, 0.4) is 0 Å². The first kappa shape index (κ1) is 19.8. The van der Waals surface area contributed by atoms with Crippen LogP contribution in [-0.4, -0.2) is 0 Å². The summed E-state index contributed by atoms with van der Waals surface area (Å²) in [5.74, 6) is -0.367. The van der Waals surface area contributed by atoms with Crippen LogP contribution in [0.5, 0.6) is 0 Å². The molecule has 1 aliphatic carbocycles. The Hall–Kier alpha value is -4.11. The lowest BCUT2D eigenvalue weighted by molar-refractivity contribution is -0.137. The third-order valence-electron chi connectivity index (χ3n) is 5.65. The minimum absolute atomic E-state index is 0.0200. The van der Waals surface area contributed by atoms with Gasteiger partial charge in [0.25, 0.3) is 0 Å². The second kappa shape index (κ2) is 7.24. The van der Waals surface area contributed by atoms with Gasteiger partial charge in [-0.05, 0) is 47.0 Å². The number of fused-ring (bicyclic) bond motifs is 3. The summed E-state index contributed by atoms with van der Waals surface area (Å²) in [6.45, 7) is 0. The van der Waals surface area contributed by atoms with E-state index in [1.807, 2.05) is 24.3 Å². The lowest BCUT2D eigenvalue weighted by Crippen LogP contribution is -2.14. The molecular weight excluding hydrogens is 415 g/mol. The third-order valence-corrected chi connectivity index (χ3v) is 5.65. The van der Waals surface area contributed by atoms with E-state index in [9.17, 15) is 23.2 Å². The van der Waals surface area contributed by atoms with Gasteiger partial charge in [0, 0.05) is 0 Å². The van der Waals surface area contributed by atoms with Crippen molar-refractivity contribution in [2.75, 3.05) is 0 Å². The number of hydrogen-bond donors (Lipinski definition) is 0. The highest BCUT2D eigenvalue weighted by atomic mass is 19.4. The molecule has 0 N–H and O–H groups in total. The average molecular weight is 429 g/mol. The highest BCUT2D eigenvalue weighted by Gasteiger charge is 2.35. The van der Waals surface area contributed by atoms with Gasteiger partial charge in [0.05, 0.1) is 34.1 Å². The van der Waals surface area contributed by atoms with Crippen molar-refractivity contribution in [3.8, 4) is 6.07 Å². The van der Waals surface area contributed by atoms with E-state index >= 15 is 0 Å². The van der Waals surface area contributed by atoms with Crippen molar-refractivity contribution in [1.29, 1.82) is 5.26 Å². The maximum atomic E-state index is 13.5. The summed E-state index contributed by atoms with van der Waals surface area (Å²) >= 11 is 0. The minimum Gasteiger partial charge on any atom is -0.459 e. The lowest BCUT2D eigenvalue weighted by atomic mass is 9.84. The molecule has 0 saturated heterocycles. The highest BCUT2D eigenvalue weighted by Crippen LogP contribution is 2.43. The Balaban J connectivity index is 1.93. The molecule has 1 aliphatic rings. The van der Waals surface area contributed by atoms with Gasteiger partial charge in [0.15, 0.2) is 5.43 Å². The molecule has 3 aromatic carbocycles. The van der Waals surface area contributed by atoms with Crippen LogP contribution in [0.2, 0.25) is 0 Å². The smallest absolute Gasteiger partial charge is 0.416 e. The first-order chi connectivity index (χ1) is 15.4. The third kappa shape index (κ3) is 3.10. The molecule has 1 heterocycles. The van der Waals surface area contributed by atoms with Crippen molar-refractivity contribution in [3.63, 3.8) is 0 Å². The Morgan fingerprint density at radius 2 is 1.66 bits per heavy atom. The van der Waals surface area contributed by atoms with E-state index in [0.717, 1.165) is 17.7 Å². The zero-order valence-corrected chi connectivity index (χ0v) is 16.5. The Morgan fingerprint density at radius 1 is 0.938 bits per heavy atom. The van der Waals surface area contributed by atoms with Crippen LogP contribution >= 0.6 is 0 Å². The Kier molecular flexibility index (Phi) is 4.49. The van der Waals surface area contributed by atoms with E-state index in [4.69, 9.17) is 4.42 Å².